The number of amides is 1. The molecule has 5 nitrogen and oxygen atoms in total. The summed E-state index contributed by atoms with van der Waals surface area (Å²) in [5.74, 6) is -0.355. The van der Waals surface area contributed by atoms with Gasteiger partial charge in [0.25, 0.3) is 15.9 Å². The number of anilines is 2. The number of nitrogens with one attached hydrogen (secondary N) is 2. The standard InChI is InChI=1S/C26H21ClN2O3S/c1-16-5-11-20(12-6-16)33(31,32)29-19-10-13-21(23(27)15-19)26(30)28-24-14-9-18-8-7-17-3-2-4-22(24)25(17)18/h2-6,9-15,29H,7-8H2,1H3,(H,28,30). The van der Waals surface area contributed by atoms with Gasteiger partial charge in [-0.3, -0.25) is 9.52 Å². The zero-order valence-electron chi connectivity index (χ0n) is 17.9. The Labute approximate surface area is 197 Å². The zero-order chi connectivity index (χ0) is 23.2. The molecule has 0 aliphatic heterocycles. The molecule has 0 unspecified atom stereocenters. The maximum absolute atomic E-state index is 13.0. The van der Waals surface area contributed by atoms with E-state index in [2.05, 4.69) is 22.2 Å². The fraction of sp³-hybridized carbons (Fsp3) is 0.115. The van der Waals surface area contributed by atoms with Gasteiger partial charge in [0.15, 0.2) is 0 Å². The van der Waals surface area contributed by atoms with E-state index in [4.69, 9.17) is 11.6 Å². The summed E-state index contributed by atoms with van der Waals surface area (Å²) in [7, 11) is -3.76. The molecule has 2 N–H and O–H groups in total. The summed E-state index contributed by atoms with van der Waals surface area (Å²) in [5.41, 5.74) is 4.82. The molecule has 4 aromatic carbocycles. The number of sulfonamides is 1. The topological polar surface area (TPSA) is 75.3 Å². The second-order valence-electron chi connectivity index (χ2n) is 8.18. The van der Waals surface area contributed by atoms with Crippen LogP contribution in [0.1, 0.15) is 27.0 Å². The highest BCUT2D eigenvalue weighted by atomic mass is 35.5. The van der Waals surface area contributed by atoms with E-state index >= 15 is 0 Å². The highest BCUT2D eigenvalue weighted by Crippen LogP contribution is 2.35. The van der Waals surface area contributed by atoms with Crippen LogP contribution in [0.3, 0.4) is 0 Å². The van der Waals surface area contributed by atoms with Crippen LogP contribution < -0.4 is 10.0 Å². The van der Waals surface area contributed by atoms with Gasteiger partial charge in [0.05, 0.1) is 21.2 Å². The minimum atomic E-state index is -3.76. The molecule has 1 aliphatic rings. The van der Waals surface area contributed by atoms with Gasteiger partial charge >= 0.3 is 0 Å². The number of carbonyl (C=O) groups excluding carboxylic acids is 1. The molecular weight excluding hydrogens is 456 g/mol. The summed E-state index contributed by atoms with van der Waals surface area (Å²) < 4.78 is 27.8. The number of hydrogen-bond donors (Lipinski definition) is 2. The summed E-state index contributed by atoms with van der Waals surface area (Å²) in [6.45, 7) is 1.89. The molecule has 5 rings (SSSR count). The zero-order valence-corrected chi connectivity index (χ0v) is 19.4. The van der Waals surface area contributed by atoms with Crippen molar-refractivity contribution in [3.63, 3.8) is 0 Å². The van der Waals surface area contributed by atoms with Crippen molar-refractivity contribution < 1.29 is 13.2 Å². The van der Waals surface area contributed by atoms with E-state index in [9.17, 15) is 13.2 Å². The Morgan fingerprint density at radius 2 is 1.64 bits per heavy atom. The number of aryl methyl sites for hydroxylation is 3. The third-order valence-corrected chi connectivity index (χ3v) is 7.63. The number of benzene rings is 4. The van der Waals surface area contributed by atoms with Gasteiger partial charge in [-0.15, -0.1) is 0 Å². The van der Waals surface area contributed by atoms with Gasteiger partial charge < -0.3 is 5.32 Å². The normalized spacial score (nSPS) is 12.7. The molecule has 0 atom stereocenters. The quantitative estimate of drug-likeness (QED) is 0.373. The fourth-order valence-corrected chi connectivity index (χ4v) is 5.56. The Morgan fingerprint density at radius 3 is 2.36 bits per heavy atom. The molecule has 0 aromatic heterocycles. The molecule has 1 aliphatic carbocycles. The highest BCUT2D eigenvalue weighted by molar-refractivity contribution is 7.92. The molecule has 4 aromatic rings. The van der Waals surface area contributed by atoms with Gasteiger partial charge in [0.2, 0.25) is 0 Å². The maximum atomic E-state index is 13.0. The van der Waals surface area contributed by atoms with Crippen molar-refractivity contribution in [1.29, 1.82) is 0 Å². The molecule has 33 heavy (non-hydrogen) atoms. The average Bonchev–Trinajstić information content (AvgIpc) is 3.20. The first kappa shape index (κ1) is 21.5. The SMILES string of the molecule is Cc1ccc(S(=O)(=O)Nc2ccc(C(=O)Nc3ccc4c5c(cccc35)CC4)c(Cl)c2)cc1. The smallest absolute Gasteiger partial charge is 0.261 e. The van der Waals surface area contributed by atoms with Crippen LogP contribution in [-0.2, 0) is 22.9 Å². The van der Waals surface area contributed by atoms with Gasteiger partial charge in [0.1, 0.15) is 0 Å². The summed E-state index contributed by atoms with van der Waals surface area (Å²) in [6.07, 6.45) is 2.02. The first-order valence-corrected chi connectivity index (χ1v) is 12.4. The van der Waals surface area contributed by atoms with Gasteiger partial charge in [-0.05, 0) is 72.7 Å². The third kappa shape index (κ3) is 4.08. The van der Waals surface area contributed by atoms with Gasteiger partial charge in [-0.25, -0.2) is 8.42 Å². The van der Waals surface area contributed by atoms with E-state index in [1.807, 2.05) is 25.1 Å². The van der Waals surface area contributed by atoms with Crippen molar-refractivity contribution in [2.75, 3.05) is 10.0 Å². The Bertz CT molecular complexity index is 1500. The predicted octanol–water partition coefficient (Wildman–Crippen LogP) is 5.95. The van der Waals surface area contributed by atoms with Gasteiger partial charge in [-0.1, -0.05) is 53.6 Å². The van der Waals surface area contributed by atoms with E-state index in [1.165, 1.54) is 34.7 Å². The molecular formula is C26H21ClN2O3S. The fourth-order valence-electron chi connectivity index (χ4n) is 4.24. The van der Waals surface area contributed by atoms with Crippen LogP contribution in [0.5, 0.6) is 0 Å². The predicted molar refractivity (Wildman–Crippen MR) is 133 cm³/mol. The average molecular weight is 477 g/mol. The number of hydrogen-bond acceptors (Lipinski definition) is 3. The van der Waals surface area contributed by atoms with E-state index in [0.29, 0.717) is 0 Å². The van der Waals surface area contributed by atoms with Crippen LogP contribution in [-0.4, -0.2) is 14.3 Å². The van der Waals surface area contributed by atoms with E-state index in [1.54, 1.807) is 24.3 Å². The van der Waals surface area contributed by atoms with E-state index in [-0.39, 0.29) is 27.1 Å². The van der Waals surface area contributed by atoms with Crippen molar-refractivity contribution >= 4 is 49.7 Å². The Kier molecular flexibility index (Phi) is 5.35. The van der Waals surface area contributed by atoms with E-state index in [0.717, 1.165) is 29.5 Å². The minimum absolute atomic E-state index is 0.151. The summed E-state index contributed by atoms with van der Waals surface area (Å²) >= 11 is 6.37. The first-order valence-electron chi connectivity index (χ1n) is 10.6. The summed E-state index contributed by atoms with van der Waals surface area (Å²) in [6, 6.07) is 21.1. The minimum Gasteiger partial charge on any atom is -0.321 e. The van der Waals surface area contributed by atoms with Crippen molar-refractivity contribution in [2.24, 2.45) is 0 Å². The second-order valence-corrected chi connectivity index (χ2v) is 10.3. The van der Waals surface area contributed by atoms with Crippen LogP contribution in [0, 0.1) is 6.92 Å². The number of halogens is 1. The second kappa shape index (κ2) is 8.21. The lowest BCUT2D eigenvalue weighted by Gasteiger charge is -2.13. The lowest BCUT2D eigenvalue weighted by molar-refractivity contribution is 0.102. The first-order chi connectivity index (χ1) is 15.8. The molecule has 166 valence electrons. The van der Waals surface area contributed by atoms with Crippen LogP contribution in [0.25, 0.3) is 10.8 Å². The summed E-state index contributed by atoms with van der Waals surface area (Å²) in [4.78, 5) is 13.1. The van der Waals surface area contributed by atoms with Crippen LogP contribution in [0.2, 0.25) is 5.02 Å². The maximum Gasteiger partial charge on any atom is 0.261 e. The van der Waals surface area contributed by atoms with Crippen LogP contribution >= 0.6 is 11.6 Å². The summed E-state index contributed by atoms with van der Waals surface area (Å²) in [5, 5.41) is 5.34. The lowest BCUT2D eigenvalue weighted by atomic mass is 10.0. The van der Waals surface area contributed by atoms with Crippen LogP contribution in [0.15, 0.2) is 77.7 Å². The number of rotatable bonds is 5. The third-order valence-electron chi connectivity index (χ3n) is 5.92. The molecule has 0 radical (unpaired) electrons. The lowest BCUT2D eigenvalue weighted by Crippen LogP contribution is -2.15. The molecule has 0 saturated heterocycles. The Balaban J connectivity index is 1.38. The molecule has 0 spiro atoms. The van der Waals surface area contributed by atoms with E-state index < -0.39 is 10.0 Å². The Morgan fingerprint density at radius 1 is 0.909 bits per heavy atom. The Hall–Kier alpha value is -3.35. The molecule has 0 saturated carbocycles. The molecule has 0 bridgehead atoms. The van der Waals surface area contributed by atoms with Crippen molar-refractivity contribution in [3.8, 4) is 0 Å². The molecule has 1 amide bonds. The van der Waals surface area contributed by atoms with Gasteiger partial charge in [-0.2, -0.15) is 0 Å². The number of carbonyl (C=O) groups is 1. The molecule has 0 fully saturated rings. The molecule has 7 heteroatoms. The van der Waals surface area contributed by atoms with Crippen molar-refractivity contribution in [2.45, 2.75) is 24.7 Å². The molecule has 0 heterocycles. The monoisotopic (exact) mass is 476 g/mol. The van der Waals surface area contributed by atoms with Crippen molar-refractivity contribution in [1.82, 2.24) is 0 Å². The highest BCUT2D eigenvalue weighted by Gasteiger charge is 2.19. The largest absolute Gasteiger partial charge is 0.321 e. The van der Waals surface area contributed by atoms with Gasteiger partial charge in [0, 0.05) is 11.1 Å². The van der Waals surface area contributed by atoms with Crippen molar-refractivity contribution in [3.05, 3.63) is 100 Å². The van der Waals surface area contributed by atoms with Crippen LogP contribution in [0.4, 0.5) is 11.4 Å².